The minimum atomic E-state index is -0.295. The third-order valence-electron chi connectivity index (χ3n) is 4.54. The summed E-state index contributed by atoms with van der Waals surface area (Å²) in [6.45, 7) is 2.78. The highest BCUT2D eigenvalue weighted by atomic mass is 32.1. The Balaban J connectivity index is 1.36. The zero-order valence-electron chi connectivity index (χ0n) is 13.7. The number of carbonyl (C=O) groups is 2. The van der Waals surface area contributed by atoms with E-state index in [4.69, 9.17) is 9.15 Å². The van der Waals surface area contributed by atoms with Crippen molar-refractivity contribution in [1.82, 2.24) is 14.8 Å². The summed E-state index contributed by atoms with van der Waals surface area (Å²) in [4.78, 5) is 32.9. The van der Waals surface area contributed by atoms with Gasteiger partial charge in [-0.15, -0.1) is 11.3 Å². The minimum Gasteiger partial charge on any atom is -0.462 e. The molecule has 8 heteroatoms. The molecule has 4 rings (SSSR count). The topological polar surface area (TPSA) is 75.9 Å². The van der Waals surface area contributed by atoms with Crippen molar-refractivity contribution in [2.24, 2.45) is 0 Å². The van der Waals surface area contributed by atoms with Crippen LogP contribution in [0.1, 0.15) is 23.3 Å². The van der Waals surface area contributed by atoms with Crippen LogP contribution in [0.5, 0.6) is 0 Å². The largest absolute Gasteiger partial charge is 0.462 e. The van der Waals surface area contributed by atoms with E-state index in [0.29, 0.717) is 49.2 Å². The minimum absolute atomic E-state index is 0.0540. The first-order chi connectivity index (χ1) is 12.2. The number of furan rings is 1. The fourth-order valence-corrected chi connectivity index (χ4v) is 3.91. The van der Waals surface area contributed by atoms with Gasteiger partial charge in [-0.3, -0.25) is 9.59 Å². The van der Waals surface area contributed by atoms with E-state index in [1.54, 1.807) is 27.5 Å². The Kier molecular flexibility index (Phi) is 4.54. The van der Waals surface area contributed by atoms with Gasteiger partial charge in [0.15, 0.2) is 10.8 Å². The van der Waals surface area contributed by atoms with Gasteiger partial charge in [-0.25, -0.2) is 4.98 Å². The van der Waals surface area contributed by atoms with Crippen molar-refractivity contribution < 1.29 is 18.7 Å². The number of carbonyl (C=O) groups excluding carboxylic acids is 2. The van der Waals surface area contributed by atoms with E-state index in [2.05, 4.69) is 4.98 Å². The molecular weight excluding hydrogens is 342 g/mol. The van der Waals surface area contributed by atoms with Crippen molar-refractivity contribution in [3.05, 3.63) is 29.5 Å². The average molecular weight is 361 g/mol. The Labute approximate surface area is 149 Å². The van der Waals surface area contributed by atoms with E-state index < -0.39 is 0 Å². The standard InChI is InChI=1S/C17H19N3O4S/c21-16(12-11-25-15(18-12)13-3-1-9-23-13)19-5-7-20(8-6-19)17(22)14-4-2-10-24-14/h1,3,9,11,14H,2,4-8,10H2/t14-/m1/s1. The summed E-state index contributed by atoms with van der Waals surface area (Å²) in [5.41, 5.74) is 0.426. The highest BCUT2D eigenvalue weighted by molar-refractivity contribution is 7.13. The lowest BCUT2D eigenvalue weighted by Crippen LogP contribution is -2.52. The van der Waals surface area contributed by atoms with Crippen LogP contribution in [0.25, 0.3) is 10.8 Å². The van der Waals surface area contributed by atoms with Crippen LogP contribution in [0.4, 0.5) is 0 Å². The Morgan fingerprint density at radius 3 is 2.68 bits per heavy atom. The highest BCUT2D eigenvalue weighted by Gasteiger charge is 2.32. The lowest BCUT2D eigenvalue weighted by molar-refractivity contribution is -0.142. The molecule has 25 heavy (non-hydrogen) atoms. The molecule has 2 aromatic heterocycles. The normalized spacial score (nSPS) is 20.9. The fourth-order valence-electron chi connectivity index (χ4n) is 3.15. The first-order valence-electron chi connectivity index (χ1n) is 8.41. The number of aromatic nitrogens is 1. The van der Waals surface area contributed by atoms with E-state index in [1.807, 2.05) is 6.07 Å². The summed E-state index contributed by atoms with van der Waals surface area (Å²) in [5.74, 6) is 0.618. The maximum atomic E-state index is 12.6. The van der Waals surface area contributed by atoms with Gasteiger partial charge < -0.3 is 19.0 Å². The lowest BCUT2D eigenvalue weighted by Gasteiger charge is -2.35. The molecule has 0 aliphatic carbocycles. The summed E-state index contributed by atoms with van der Waals surface area (Å²) in [6, 6.07) is 3.62. The van der Waals surface area contributed by atoms with Gasteiger partial charge in [-0.2, -0.15) is 0 Å². The molecule has 0 radical (unpaired) electrons. The molecule has 1 atom stereocenters. The number of hydrogen-bond acceptors (Lipinski definition) is 6. The Morgan fingerprint density at radius 1 is 1.20 bits per heavy atom. The first kappa shape index (κ1) is 16.3. The molecule has 132 valence electrons. The van der Waals surface area contributed by atoms with Gasteiger partial charge in [-0.1, -0.05) is 0 Å². The predicted molar refractivity (Wildman–Crippen MR) is 91.3 cm³/mol. The Hall–Kier alpha value is -2.19. The maximum absolute atomic E-state index is 12.6. The zero-order valence-corrected chi connectivity index (χ0v) is 14.5. The third-order valence-corrected chi connectivity index (χ3v) is 5.40. The van der Waals surface area contributed by atoms with Crippen molar-refractivity contribution in [2.45, 2.75) is 18.9 Å². The van der Waals surface area contributed by atoms with Crippen molar-refractivity contribution in [1.29, 1.82) is 0 Å². The van der Waals surface area contributed by atoms with Crippen LogP contribution in [0.3, 0.4) is 0 Å². The van der Waals surface area contributed by atoms with Crippen LogP contribution in [0.2, 0.25) is 0 Å². The second-order valence-electron chi connectivity index (χ2n) is 6.13. The van der Waals surface area contributed by atoms with Gasteiger partial charge >= 0.3 is 0 Å². The van der Waals surface area contributed by atoms with E-state index in [0.717, 1.165) is 12.8 Å². The summed E-state index contributed by atoms with van der Waals surface area (Å²) in [6.07, 6.45) is 3.03. The fraction of sp³-hybridized carbons (Fsp3) is 0.471. The second-order valence-corrected chi connectivity index (χ2v) is 6.99. The average Bonchev–Trinajstić information content (AvgIpc) is 3.42. The van der Waals surface area contributed by atoms with Crippen molar-refractivity contribution in [3.8, 4) is 10.8 Å². The highest BCUT2D eigenvalue weighted by Crippen LogP contribution is 2.25. The smallest absolute Gasteiger partial charge is 0.273 e. The number of nitrogens with zero attached hydrogens (tertiary/aromatic N) is 3. The van der Waals surface area contributed by atoms with Crippen LogP contribution < -0.4 is 0 Å². The van der Waals surface area contributed by atoms with Crippen molar-refractivity contribution >= 4 is 23.2 Å². The number of thiazole rings is 1. The van der Waals surface area contributed by atoms with Crippen LogP contribution in [-0.2, 0) is 9.53 Å². The molecule has 0 bridgehead atoms. The number of rotatable bonds is 3. The number of amides is 2. The molecule has 0 aromatic carbocycles. The molecular formula is C17H19N3O4S. The van der Waals surface area contributed by atoms with E-state index in [1.165, 1.54) is 11.3 Å². The SMILES string of the molecule is O=C(c1csc(-c2ccco2)n1)N1CCN(C(=O)[C@H]2CCCO2)CC1. The summed E-state index contributed by atoms with van der Waals surface area (Å²) in [7, 11) is 0. The van der Waals surface area contributed by atoms with Crippen LogP contribution in [0, 0.1) is 0 Å². The zero-order chi connectivity index (χ0) is 17.2. The molecule has 2 fully saturated rings. The van der Waals surface area contributed by atoms with Gasteiger partial charge in [0, 0.05) is 38.2 Å². The molecule has 0 unspecified atom stereocenters. The van der Waals surface area contributed by atoms with Crippen LogP contribution in [-0.4, -0.2) is 65.5 Å². The molecule has 2 saturated heterocycles. The quantitative estimate of drug-likeness (QED) is 0.834. The predicted octanol–water partition coefficient (Wildman–Crippen LogP) is 1.87. The van der Waals surface area contributed by atoms with Crippen LogP contribution in [0.15, 0.2) is 28.2 Å². The summed E-state index contributed by atoms with van der Waals surface area (Å²) >= 11 is 1.39. The van der Waals surface area contributed by atoms with Crippen molar-refractivity contribution in [3.63, 3.8) is 0 Å². The molecule has 2 aliphatic heterocycles. The van der Waals surface area contributed by atoms with E-state index in [-0.39, 0.29) is 17.9 Å². The van der Waals surface area contributed by atoms with E-state index in [9.17, 15) is 9.59 Å². The monoisotopic (exact) mass is 361 g/mol. The lowest BCUT2D eigenvalue weighted by atomic mass is 10.2. The molecule has 2 aromatic rings. The molecule has 2 amide bonds. The van der Waals surface area contributed by atoms with Crippen molar-refractivity contribution in [2.75, 3.05) is 32.8 Å². The number of hydrogen-bond donors (Lipinski definition) is 0. The Morgan fingerprint density at radius 2 is 2.00 bits per heavy atom. The number of piperazine rings is 1. The van der Waals surface area contributed by atoms with Gasteiger partial charge in [0.05, 0.1) is 6.26 Å². The molecule has 0 N–H and O–H groups in total. The van der Waals surface area contributed by atoms with Gasteiger partial charge in [0.1, 0.15) is 11.8 Å². The van der Waals surface area contributed by atoms with E-state index >= 15 is 0 Å². The van der Waals surface area contributed by atoms with Gasteiger partial charge in [-0.05, 0) is 25.0 Å². The first-order valence-corrected chi connectivity index (χ1v) is 9.29. The van der Waals surface area contributed by atoms with Gasteiger partial charge in [0.25, 0.3) is 11.8 Å². The van der Waals surface area contributed by atoms with Crippen LogP contribution >= 0.6 is 11.3 Å². The molecule has 4 heterocycles. The molecule has 0 spiro atoms. The number of ether oxygens (including phenoxy) is 1. The molecule has 2 aliphatic rings. The molecule has 7 nitrogen and oxygen atoms in total. The maximum Gasteiger partial charge on any atom is 0.273 e. The summed E-state index contributed by atoms with van der Waals surface area (Å²) < 4.78 is 10.8. The van der Waals surface area contributed by atoms with Gasteiger partial charge in [0.2, 0.25) is 0 Å². The third kappa shape index (κ3) is 3.32. The second kappa shape index (κ2) is 6.97. The summed E-state index contributed by atoms with van der Waals surface area (Å²) in [5, 5.41) is 2.45. The molecule has 0 saturated carbocycles. The Bertz CT molecular complexity index is 744.